The quantitative estimate of drug-likeness (QED) is 0.499. The first-order valence-corrected chi connectivity index (χ1v) is 9.56. The van der Waals surface area contributed by atoms with Crippen molar-refractivity contribution in [2.75, 3.05) is 0 Å². The van der Waals surface area contributed by atoms with E-state index in [1.165, 1.54) is 30.3 Å². The van der Waals surface area contributed by atoms with E-state index in [9.17, 15) is 19.2 Å². The first-order valence-electron chi connectivity index (χ1n) is 8.80. The van der Waals surface area contributed by atoms with Crippen LogP contribution in [0.4, 0.5) is 0 Å². The molecule has 10 heteroatoms. The first-order chi connectivity index (χ1) is 14.0. The van der Waals surface area contributed by atoms with E-state index in [1.54, 1.807) is 0 Å². The zero-order valence-electron chi connectivity index (χ0n) is 15.5. The Morgan fingerprint density at radius 1 is 0.900 bits per heavy atom. The lowest BCUT2D eigenvalue weighted by Gasteiger charge is -2.29. The average Bonchev–Trinajstić information content (AvgIpc) is 2.68. The molecular formula is C20H18Cl2O8. The summed E-state index contributed by atoms with van der Waals surface area (Å²) in [7, 11) is 0. The predicted octanol–water partition coefficient (Wildman–Crippen LogP) is 4.21. The fourth-order valence-corrected chi connectivity index (χ4v) is 3.66. The highest BCUT2D eigenvalue weighted by molar-refractivity contribution is 6.38. The highest BCUT2D eigenvalue weighted by Gasteiger charge is 2.41. The van der Waals surface area contributed by atoms with Crippen LogP contribution in [0.15, 0.2) is 30.3 Å². The third-order valence-corrected chi connectivity index (χ3v) is 5.89. The molecule has 30 heavy (non-hydrogen) atoms. The lowest BCUT2D eigenvalue weighted by molar-refractivity contribution is -0.147. The number of benzene rings is 2. The topological polar surface area (TPSA) is 149 Å². The van der Waals surface area contributed by atoms with E-state index in [4.69, 9.17) is 43.6 Å². The second kappa shape index (κ2) is 9.32. The van der Waals surface area contributed by atoms with Gasteiger partial charge in [0.15, 0.2) is 0 Å². The SMILES string of the molecule is O=C(O)C1CCC(Cl)(C(=O)O)CC1.O=C(O)c1ccc2c(Cl)c(C(=O)O)ccc2c1. The van der Waals surface area contributed by atoms with Crippen LogP contribution >= 0.6 is 23.2 Å². The van der Waals surface area contributed by atoms with Gasteiger partial charge in [-0.1, -0.05) is 23.7 Å². The van der Waals surface area contributed by atoms with Crippen LogP contribution in [0.25, 0.3) is 10.8 Å². The molecule has 0 unspecified atom stereocenters. The zero-order valence-corrected chi connectivity index (χ0v) is 17.0. The molecule has 1 fully saturated rings. The van der Waals surface area contributed by atoms with Crippen LogP contribution in [-0.2, 0) is 9.59 Å². The number of carbonyl (C=O) groups is 4. The van der Waals surface area contributed by atoms with Gasteiger partial charge in [0.1, 0.15) is 4.87 Å². The Labute approximate surface area is 180 Å². The van der Waals surface area contributed by atoms with Crippen LogP contribution in [0.3, 0.4) is 0 Å². The molecule has 2 aromatic carbocycles. The minimum atomic E-state index is -1.23. The summed E-state index contributed by atoms with van der Waals surface area (Å²) in [5.74, 6) is -4.47. The van der Waals surface area contributed by atoms with Crippen molar-refractivity contribution in [2.24, 2.45) is 5.92 Å². The normalized spacial score (nSPS) is 20.7. The molecule has 0 spiro atoms. The molecule has 4 N–H and O–H groups in total. The van der Waals surface area contributed by atoms with Gasteiger partial charge in [-0.3, -0.25) is 9.59 Å². The van der Waals surface area contributed by atoms with Gasteiger partial charge in [-0.05, 0) is 49.3 Å². The van der Waals surface area contributed by atoms with E-state index in [0.29, 0.717) is 23.6 Å². The molecule has 0 amide bonds. The fourth-order valence-electron chi connectivity index (χ4n) is 3.13. The summed E-state index contributed by atoms with van der Waals surface area (Å²) in [4.78, 5) is 41.6. The third kappa shape index (κ3) is 5.20. The summed E-state index contributed by atoms with van der Waals surface area (Å²) >= 11 is 11.7. The number of rotatable bonds is 4. The van der Waals surface area contributed by atoms with Crippen molar-refractivity contribution in [3.05, 3.63) is 46.5 Å². The molecule has 2 aromatic rings. The number of aliphatic carboxylic acids is 2. The number of carboxylic acid groups (broad SMARTS) is 4. The number of alkyl halides is 1. The maximum Gasteiger partial charge on any atom is 0.337 e. The van der Waals surface area contributed by atoms with Crippen molar-refractivity contribution < 1.29 is 39.6 Å². The van der Waals surface area contributed by atoms with Crippen molar-refractivity contribution in [3.8, 4) is 0 Å². The van der Waals surface area contributed by atoms with Gasteiger partial charge in [0.2, 0.25) is 0 Å². The Kier molecular flexibility index (Phi) is 7.28. The summed E-state index contributed by atoms with van der Waals surface area (Å²) in [5, 5.41) is 36.4. The second-order valence-electron chi connectivity index (χ2n) is 6.86. The molecule has 1 aliphatic carbocycles. The van der Waals surface area contributed by atoms with E-state index in [0.717, 1.165) is 0 Å². The molecule has 160 valence electrons. The van der Waals surface area contributed by atoms with Crippen molar-refractivity contribution in [1.29, 1.82) is 0 Å². The van der Waals surface area contributed by atoms with Gasteiger partial charge in [-0.25, -0.2) is 9.59 Å². The molecule has 0 heterocycles. The Bertz CT molecular complexity index is 1010. The summed E-state index contributed by atoms with van der Waals surface area (Å²) in [6.45, 7) is 0. The monoisotopic (exact) mass is 456 g/mol. The molecule has 0 aliphatic heterocycles. The molecule has 0 bridgehead atoms. The summed E-state index contributed by atoms with van der Waals surface area (Å²) < 4.78 is 0. The first kappa shape index (κ1) is 23.4. The van der Waals surface area contributed by atoms with E-state index in [-0.39, 0.29) is 29.0 Å². The lowest BCUT2D eigenvalue weighted by atomic mass is 9.81. The van der Waals surface area contributed by atoms with E-state index in [2.05, 4.69) is 0 Å². The van der Waals surface area contributed by atoms with Gasteiger partial charge in [0.05, 0.1) is 22.1 Å². The molecular weight excluding hydrogens is 439 g/mol. The molecule has 0 atom stereocenters. The lowest BCUT2D eigenvalue weighted by Crippen LogP contribution is -2.38. The van der Waals surface area contributed by atoms with Crippen LogP contribution in [0.1, 0.15) is 46.4 Å². The predicted molar refractivity (Wildman–Crippen MR) is 109 cm³/mol. The third-order valence-electron chi connectivity index (χ3n) is 4.94. The van der Waals surface area contributed by atoms with Gasteiger partial charge >= 0.3 is 23.9 Å². The van der Waals surface area contributed by atoms with E-state index >= 15 is 0 Å². The molecule has 8 nitrogen and oxygen atoms in total. The van der Waals surface area contributed by atoms with Crippen molar-refractivity contribution in [2.45, 2.75) is 30.6 Å². The van der Waals surface area contributed by atoms with Gasteiger partial charge < -0.3 is 20.4 Å². The Hall–Kier alpha value is -2.84. The standard InChI is InChI=1S/C12H7ClO4.C8H11ClO4/c13-10-8-3-2-7(11(14)15)5-6(8)1-4-9(10)12(16)17;9-8(7(12)13)3-1-5(2-4-8)6(10)11/h1-5H,(H,14,15)(H,16,17);5H,1-4H2,(H,10,11)(H,12,13). The molecule has 1 saturated carbocycles. The Morgan fingerprint density at radius 2 is 1.50 bits per heavy atom. The molecule has 0 aromatic heterocycles. The van der Waals surface area contributed by atoms with Crippen LogP contribution in [0.5, 0.6) is 0 Å². The van der Waals surface area contributed by atoms with Crippen molar-refractivity contribution >= 4 is 57.9 Å². The number of aromatic carboxylic acids is 2. The minimum Gasteiger partial charge on any atom is -0.481 e. The molecule has 0 saturated heterocycles. The van der Waals surface area contributed by atoms with E-state index in [1.807, 2.05) is 0 Å². The number of halogens is 2. The van der Waals surface area contributed by atoms with Crippen LogP contribution in [-0.4, -0.2) is 49.2 Å². The van der Waals surface area contributed by atoms with Crippen molar-refractivity contribution in [3.63, 3.8) is 0 Å². The minimum absolute atomic E-state index is 0.00208. The second-order valence-corrected chi connectivity index (χ2v) is 7.96. The largest absolute Gasteiger partial charge is 0.481 e. The highest BCUT2D eigenvalue weighted by Crippen LogP contribution is 2.37. The van der Waals surface area contributed by atoms with Crippen molar-refractivity contribution in [1.82, 2.24) is 0 Å². The van der Waals surface area contributed by atoms with E-state index < -0.39 is 34.7 Å². The molecule has 3 rings (SSSR count). The zero-order chi connectivity index (χ0) is 22.6. The van der Waals surface area contributed by atoms with Crippen LogP contribution in [0.2, 0.25) is 5.02 Å². The number of hydrogen-bond donors (Lipinski definition) is 4. The van der Waals surface area contributed by atoms with Gasteiger partial charge in [0.25, 0.3) is 0 Å². The molecule has 1 aliphatic rings. The molecule has 0 radical (unpaired) electrons. The van der Waals surface area contributed by atoms with Gasteiger partial charge in [-0.2, -0.15) is 0 Å². The van der Waals surface area contributed by atoms with Crippen LogP contribution in [0, 0.1) is 5.92 Å². The Morgan fingerprint density at radius 3 is 1.97 bits per heavy atom. The highest BCUT2D eigenvalue weighted by atomic mass is 35.5. The number of fused-ring (bicyclic) bond motifs is 1. The maximum absolute atomic E-state index is 10.9. The fraction of sp³-hybridized carbons (Fsp3) is 0.300. The number of carboxylic acids is 4. The summed E-state index contributed by atoms with van der Waals surface area (Å²) in [6.07, 6.45) is 1.18. The van der Waals surface area contributed by atoms with Gasteiger partial charge in [0, 0.05) is 5.39 Å². The number of hydrogen-bond acceptors (Lipinski definition) is 4. The maximum atomic E-state index is 10.9. The van der Waals surface area contributed by atoms with Gasteiger partial charge in [-0.15, -0.1) is 11.6 Å². The Balaban J connectivity index is 0.000000222. The summed E-state index contributed by atoms with van der Waals surface area (Å²) in [5.41, 5.74) is 0.138. The van der Waals surface area contributed by atoms with Crippen LogP contribution < -0.4 is 0 Å². The smallest absolute Gasteiger partial charge is 0.337 e. The average molecular weight is 457 g/mol. The summed E-state index contributed by atoms with van der Waals surface area (Å²) in [6, 6.07) is 7.25.